The van der Waals surface area contributed by atoms with Gasteiger partial charge in [-0.3, -0.25) is 9.59 Å². The lowest BCUT2D eigenvalue weighted by Gasteiger charge is -2.16. The van der Waals surface area contributed by atoms with Crippen LogP contribution in [0.25, 0.3) is 11.0 Å². The number of fused-ring (bicyclic) bond motifs is 1. The van der Waals surface area contributed by atoms with Crippen molar-refractivity contribution in [2.24, 2.45) is 0 Å². The first-order valence-electron chi connectivity index (χ1n) is 7.66. The summed E-state index contributed by atoms with van der Waals surface area (Å²) in [7, 11) is 0. The van der Waals surface area contributed by atoms with Crippen LogP contribution in [0.2, 0.25) is 0 Å². The summed E-state index contributed by atoms with van der Waals surface area (Å²) < 4.78 is 5.63. The highest BCUT2D eigenvalue weighted by Gasteiger charge is 2.30. The lowest BCUT2D eigenvalue weighted by molar-refractivity contribution is -0.127. The normalized spacial score (nSPS) is 18.2. The molecule has 0 unspecified atom stereocenters. The van der Waals surface area contributed by atoms with Crippen LogP contribution in [0.3, 0.4) is 0 Å². The zero-order chi connectivity index (χ0) is 15.7. The first kappa shape index (κ1) is 14.6. The van der Waals surface area contributed by atoms with Crippen molar-refractivity contribution in [1.29, 1.82) is 0 Å². The number of hydrogen-bond donors (Lipinski definition) is 1. The number of nitrogens with one attached hydrogen (secondary N) is 1. The third-order valence-corrected chi connectivity index (χ3v) is 3.96. The molecule has 116 valence electrons. The maximum atomic E-state index is 12.5. The van der Waals surface area contributed by atoms with Gasteiger partial charge in [0.05, 0.1) is 11.6 Å². The number of amides is 2. The van der Waals surface area contributed by atoms with Crippen LogP contribution in [0.15, 0.2) is 28.7 Å². The standard InChI is InChI=1S/C17H20N2O3/c1-3-7-19-10-13(9-15(19)20)18-17(21)14-6-4-5-12-8-11(2)22-16(12)14/h4-6,8,13H,3,7,9-10H2,1-2H3,(H,18,21)/t13-/m0/s1. The number of furan rings is 1. The van der Waals surface area contributed by atoms with Gasteiger partial charge in [-0.05, 0) is 25.5 Å². The summed E-state index contributed by atoms with van der Waals surface area (Å²) in [6, 6.07) is 7.30. The molecule has 1 aromatic heterocycles. The average Bonchev–Trinajstić information content (AvgIpc) is 3.01. The fourth-order valence-corrected chi connectivity index (χ4v) is 2.99. The van der Waals surface area contributed by atoms with Crippen molar-refractivity contribution in [1.82, 2.24) is 10.2 Å². The summed E-state index contributed by atoms with van der Waals surface area (Å²) in [5.41, 5.74) is 1.12. The SMILES string of the molecule is CCCN1C[C@@H](NC(=O)c2cccc3cc(C)oc23)CC1=O. The molecule has 1 fully saturated rings. The van der Waals surface area contributed by atoms with Gasteiger partial charge in [0.25, 0.3) is 5.91 Å². The van der Waals surface area contributed by atoms with Crippen LogP contribution in [0.5, 0.6) is 0 Å². The number of para-hydroxylation sites is 1. The van der Waals surface area contributed by atoms with E-state index >= 15 is 0 Å². The largest absolute Gasteiger partial charge is 0.461 e. The highest BCUT2D eigenvalue weighted by atomic mass is 16.3. The molecule has 22 heavy (non-hydrogen) atoms. The quantitative estimate of drug-likeness (QED) is 0.943. The van der Waals surface area contributed by atoms with Crippen molar-refractivity contribution in [2.75, 3.05) is 13.1 Å². The maximum absolute atomic E-state index is 12.5. The van der Waals surface area contributed by atoms with Gasteiger partial charge in [0.1, 0.15) is 11.3 Å². The predicted molar refractivity (Wildman–Crippen MR) is 83.7 cm³/mol. The molecule has 0 spiro atoms. The van der Waals surface area contributed by atoms with E-state index in [4.69, 9.17) is 4.42 Å². The Morgan fingerprint density at radius 1 is 1.45 bits per heavy atom. The second kappa shape index (κ2) is 5.83. The molecule has 2 aromatic rings. The Balaban J connectivity index is 1.76. The zero-order valence-electron chi connectivity index (χ0n) is 12.9. The number of benzene rings is 1. The molecule has 1 N–H and O–H groups in total. The Bertz CT molecular complexity index is 720. The Kier molecular flexibility index (Phi) is 3.88. The lowest BCUT2D eigenvalue weighted by Crippen LogP contribution is -2.37. The van der Waals surface area contributed by atoms with Gasteiger partial charge in [-0.25, -0.2) is 0 Å². The number of aryl methyl sites for hydroxylation is 1. The van der Waals surface area contributed by atoms with Crippen molar-refractivity contribution in [2.45, 2.75) is 32.7 Å². The van der Waals surface area contributed by atoms with E-state index in [1.165, 1.54) is 0 Å². The van der Waals surface area contributed by atoms with E-state index in [-0.39, 0.29) is 17.9 Å². The molecule has 0 radical (unpaired) electrons. The first-order valence-corrected chi connectivity index (χ1v) is 7.66. The molecule has 5 heteroatoms. The summed E-state index contributed by atoms with van der Waals surface area (Å²) in [4.78, 5) is 26.2. The Labute approximate surface area is 129 Å². The monoisotopic (exact) mass is 300 g/mol. The fraction of sp³-hybridized carbons (Fsp3) is 0.412. The van der Waals surface area contributed by atoms with Gasteiger partial charge in [0.2, 0.25) is 5.91 Å². The molecular formula is C17H20N2O3. The van der Waals surface area contributed by atoms with Crippen LogP contribution in [0.1, 0.15) is 35.9 Å². The molecule has 1 aliphatic rings. The number of rotatable bonds is 4. The minimum Gasteiger partial charge on any atom is -0.461 e. The molecule has 2 heterocycles. The molecule has 1 atom stereocenters. The molecule has 1 aliphatic heterocycles. The van der Waals surface area contributed by atoms with Crippen LogP contribution in [-0.4, -0.2) is 35.8 Å². The van der Waals surface area contributed by atoms with Crippen LogP contribution < -0.4 is 5.32 Å². The van der Waals surface area contributed by atoms with Gasteiger partial charge in [-0.1, -0.05) is 19.1 Å². The molecule has 3 rings (SSSR count). The van der Waals surface area contributed by atoms with Crippen molar-refractivity contribution >= 4 is 22.8 Å². The van der Waals surface area contributed by atoms with Gasteiger partial charge >= 0.3 is 0 Å². The van der Waals surface area contributed by atoms with E-state index in [1.54, 1.807) is 6.07 Å². The van der Waals surface area contributed by atoms with E-state index in [0.29, 0.717) is 24.1 Å². The maximum Gasteiger partial charge on any atom is 0.255 e. The second-order valence-corrected chi connectivity index (χ2v) is 5.80. The Morgan fingerprint density at radius 2 is 2.27 bits per heavy atom. The summed E-state index contributed by atoms with van der Waals surface area (Å²) in [5, 5.41) is 3.87. The number of nitrogens with zero attached hydrogens (tertiary/aromatic N) is 1. The highest BCUT2D eigenvalue weighted by Crippen LogP contribution is 2.23. The predicted octanol–water partition coefficient (Wildman–Crippen LogP) is 2.48. The fourth-order valence-electron chi connectivity index (χ4n) is 2.99. The lowest BCUT2D eigenvalue weighted by atomic mass is 10.1. The van der Waals surface area contributed by atoms with Gasteiger partial charge in [-0.15, -0.1) is 0 Å². The Morgan fingerprint density at radius 3 is 3.05 bits per heavy atom. The summed E-state index contributed by atoms with van der Waals surface area (Å²) >= 11 is 0. The second-order valence-electron chi connectivity index (χ2n) is 5.80. The molecule has 1 aromatic carbocycles. The minimum absolute atomic E-state index is 0.110. The molecule has 2 amide bonds. The molecule has 0 aliphatic carbocycles. The molecular weight excluding hydrogens is 280 g/mol. The third-order valence-electron chi connectivity index (χ3n) is 3.96. The molecule has 0 bridgehead atoms. The number of hydrogen-bond acceptors (Lipinski definition) is 3. The van der Waals surface area contributed by atoms with Gasteiger partial charge in [0.15, 0.2) is 0 Å². The van der Waals surface area contributed by atoms with Crippen molar-refractivity contribution in [3.05, 3.63) is 35.6 Å². The third kappa shape index (κ3) is 2.71. The van der Waals surface area contributed by atoms with Crippen molar-refractivity contribution in [3.8, 4) is 0 Å². The zero-order valence-corrected chi connectivity index (χ0v) is 12.9. The molecule has 5 nitrogen and oxygen atoms in total. The average molecular weight is 300 g/mol. The van der Waals surface area contributed by atoms with E-state index < -0.39 is 0 Å². The Hall–Kier alpha value is -2.30. The highest BCUT2D eigenvalue weighted by molar-refractivity contribution is 6.05. The number of likely N-dealkylation sites (tertiary alicyclic amines) is 1. The van der Waals surface area contributed by atoms with Gasteiger partial charge in [-0.2, -0.15) is 0 Å². The van der Waals surface area contributed by atoms with Gasteiger partial charge in [0, 0.05) is 24.9 Å². The number of carbonyl (C=O) groups is 2. The van der Waals surface area contributed by atoms with Crippen molar-refractivity contribution in [3.63, 3.8) is 0 Å². The topological polar surface area (TPSA) is 62.6 Å². The van der Waals surface area contributed by atoms with Crippen LogP contribution in [0.4, 0.5) is 0 Å². The summed E-state index contributed by atoms with van der Waals surface area (Å²) in [5.74, 6) is 0.704. The van der Waals surface area contributed by atoms with Crippen LogP contribution in [-0.2, 0) is 4.79 Å². The molecule has 0 saturated carbocycles. The van der Waals surface area contributed by atoms with E-state index in [1.807, 2.05) is 36.9 Å². The van der Waals surface area contributed by atoms with Crippen LogP contribution in [0, 0.1) is 6.92 Å². The summed E-state index contributed by atoms with van der Waals surface area (Å²) in [6.07, 6.45) is 1.30. The van der Waals surface area contributed by atoms with Crippen LogP contribution >= 0.6 is 0 Å². The summed E-state index contributed by atoms with van der Waals surface area (Å²) in [6.45, 7) is 5.24. The first-order chi connectivity index (χ1) is 10.6. The minimum atomic E-state index is -0.184. The van der Waals surface area contributed by atoms with E-state index in [2.05, 4.69) is 5.32 Å². The van der Waals surface area contributed by atoms with E-state index in [0.717, 1.165) is 24.1 Å². The van der Waals surface area contributed by atoms with Crippen molar-refractivity contribution < 1.29 is 14.0 Å². The van der Waals surface area contributed by atoms with Gasteiger partial charge < -0.3 is 14.6 Å². The molecule has 1 saturated heterocycles. The van der Waals surface area contributed by atoms with E-state index in [9.17, 15) is 9.59 Å². The smallest absolute Gasteiger partial charge is 0.255 e. The number of carbonyl (C=O) groups excluding carboxylic acids is 2.